The highest BCUT2D eigenvalue weighted by Crippen LogP contribution is 2.27. The Morgan fingerprint density at radius 3 is 2.59 bits per heavy atom. The second kappa shape index (κ2) is 10.7. The van der Waals surface area contributed by atoms with Gasteiger partial charge in [0.2, 0.25) is 0 Å². The summed E-state index contributed by atoms with van der Waals surface area (Å²) in [5.41, 5.74) is 3.94. The van der Waals surface area contributed by atoms with Crippen molar-refractivity contribution in [1.82, 2.24) is 9.97 Å². The van der Waals surface area contributed by atoms with Gasteiger partial charge in [-0.15, -0.1) is 11.3 Å². The summed E-state index contributed by atoms with van der Waals surface area (Å²) in [7, 11) is 0. The van der Waals surface area contributed by atoms with Crippen LogP contribution in [0.15, 0.2) is 82.8 Å². The summed E-state index contributed by atoms with van der Waals surface area (Å²) in [6.45, 7) is 0. The minimum Gasteiger partial charge on any atom is -0.478 e. The van der Waals surface area contributed by atoms with Crippen LogP contribution in [-0.4, -0.2) is 21.0 Å². The number of carboxylic acids is 1. The molecule has 0 atom stereocenters. The van der Waals surface area contributed by atoms with E-state index in [2.05, 4.69) is 17.1 Å². The first-order valence-corrected chi connectivity index (χ1v) is 12.3. The molecule has 0 aliphatic carbocycles. The van der Waals surface area contributed by atoms with Gasteiger partial charge in [0.15, 0.2) is 5.16 Å². The van der Waals surface area contributed by atoms with Crippen LogP contribution in [0.4, 0.5) is 0 Å². The third-order valence-corrected chi connectivity index (χ3v) is 7.05. The second-order valence-electron chi connectivity index (χ2n) is 7.18. The van der Waals surface area contributed by atoms with Gasteiger partial charge in [-0.05, 0) is 34.7 Å². The van der Waals surface area contributed by atoms with Crippen molar-refractivity contribution in [2.45, 2.75) is 23.8 Å². The van der Waals surface area contributed by atoms with E-state index in [1.807, 2.05) is 60.0 Å². The molecule has 162 valence electrons. The van der Waals surface area contributed by atoms with Gasteiger partial charge in [-0.3, -0.25) is 0 Å². The highest BCUT2D eigenvalue weighted by Gasteiger charge is 2.16. The molecule has 0 saturated heterocycles. The summed E-state index contributed by atoms with van der Waals surface area (Å²) in [4.78, 5) is 21.1. The molecule has 4 rings (SSSR count). The van der Waals surface area contributed by atoms with E-state index in [0.717, 1.165) is 27.0 Å². The van der Waals surface area contributed by atoms with E-state index in [4.69, 9.17) is 16.6 Å². The van der Waals surface area contributed by atoms with Gasteiger partial charge in [0, 0.05) is 39.8 Å². The Morgan fingerprint density at radius 1 is 1.09 bits per heavy atom. The molecule has 0 radical (unpaired) electrons. The molecule has 0 unspecified atom stereocenters. The van der Waals surface area contributed by atoms with Gasteiger partial charge in [-0.2, -0.15) is 0 Å². The number of nitrogens with zero attached hydrogens (tertiary/aromatic N) is 1. The Bertz CT molecular complexity index is 1220. The monoisotopic (exact) mass is 480 g/mol. The standard InChI is InChI=1S/C25H21ClN2O2S2/c26-21-11-5-4-9-18(21)14-22-23(15-19(24(29)30)13-20-10-6-12-31-20)28-25(27-22)32-16-17-7-2-1-3-8-17/h1-12,15H,13-14,16H2,(H,27,28)(H,29,30)/b19-15+. The zero-order valence-electron chi connectivity index (χ0n) is 17.1. The summed E-state index contributed by atoms with van der Waals surface area (Å²) in [5, 5.41) is 13.2. The smallest absolute Gasteiger partial charge is 0.332 e. The molecule has 32 heavy (non-hydrogen) atoms. The van der Waals surface area contributed by atoms with Crippen LogP contribution in [0.2, 0.25) is 5.02 Å². The number of H-pyrrole nitrogens is 1. The quantitative estimate of drug-likeness (QED) is 0.206. The Morgan fingerprint density at radius 2 is 1.88 bits per heavy atom. The van der Waals surface area contributed by atoms with E-state index >= 15 is 0 Å². The third kappa shape index (κ3) is 5.91. The van der Waals surface area contributed by atoms with Crippen LogP contribution < -0.4 is 0 Å². The number of imidazole rings is 1. The normalized spacial score (nSPS) is 11.6. The van der Waals surface area contributed by atoms with Crippen molar-refractivity contribution >= 4 is 46.7 Å². The Kier molecular flexibility index (Phi) is 7.47. The van der Waals surface area contributed by atoms with Crippen molar-refractivity contribution < 1.29 is 9.90 Å². The van der Waals surface area contributed by atoms with Gasteiger partial charge in [0.05, 0.1) is 5.69 Å². The number of aromatic amines is 1. The minimum absolute atomic E-state index is 0.305. The molecule has 7 heteroatoms. The van der Waals surface area contributed by atoms with Crippen LogP contribution in [-0.2, 0) is 23.4 Å². The number of benzene rings is 2. The van der Waals surface area contributed by atoms with Crippen molar-refractivity contribution in [2.75, 3.05) is 0 Å². The minimum atomic E-state index is -0.941. The fourth-order valence-corrected chi connectivity index (χ4v) is 5.02. The number of carbonyl (C=O) groups is 1. The molecule has 2 aromatic heterocycles. The molecule has 4 aromatic rings. The van der Waals surface area contributed by atoms with Crippen LogP contribution in [0.1, 0.15) is 27.4 Å². The van der Waals surface area contributed by atoms with E-state index in [1.54, 1.807) is 29.2 Å². The lowest BCUT2D eigenvalue weighted by Gasteiger charge is -2.04. The lowest BCUT2D eigenvalue weighted by Crippen LogP contribution is -2.04. The molecular weight excluding hydrogens is 460 g/mol. The molecule has 0 bridgehead atoms. The molecule has 2 aromatic carbocycles. The molecule has 2 N–H and O–H groups in total. The second-order valence-corrected chi connectivity index (χ2v) is 9.58. The molecule has 0 aliphatic rings. The molecular formula is C25H21ClN2O2S2. The van der Waals surface area contributed by atoms with E-state index in [1.165, 1.54) is 5.56 Å². The molecule has 0 fully saturated rings. The van der Waals surface area contributed by atoms with Crippen molar-refractivity contribution in [3.8, 4) is 0 Å². The molecule has 0 spiro atoms. The topological polar surface area (TPSA) is 66.0 Å². The van der Waals surface area contributed by atoms with Crippen LogP contribution in [0.25, 0.3) is 6.08 Å². The van der Waals surface area contributed by atoms with Crippen molar-refractivity contribution in [3.05, 3.63) is 110 Å². The van der Waals surface area contributed by atoms with E-state index in [-0.39, 0.29) is 0 Å². The summed E-state index contributed by atoms with van der Waals surface area (Å²) >= 11 is 9.51. The number of hydrogen-bond donors (Lipinski definition) is 2. The molecule has 0 amide bonds. The van der Waals surface area contributed by atoms with Crippen molar-refractivity contribution in [3.63, 3.8) is 0 Å². The number of rotatable bonds is 9. The highest BCUT2D eigenvalue weighted by atomic mass is 35.5. The van der Waals surface area contributed by atoms with Gasteiger partial charge >= 0.3 is 5.97 Å². The van der Waals surface area contributed by atoms with Gasteiger partial charge in [0.25, 0.3) is 0 Å². The summed E-state index contributed by atoms with van der Waals surface area (Å²) < 4.78 is 0. The predicted octanol–water partition coefficient (Wildman–Crippen LogP) is 6.72. The van der Waals surface area contributed by atoms with Gasteiger partial charge in [-0.25, -0.2) is 9.78 Å². The number of thioether (sulfide) groups is 1. The lowest BCUT2D eigenvalue weighted by atomic mass is 10.1. The third-order valence-electron chi connectivity index (χ3n) is 4.86. The number of thiophene rings is 1. The Labute approximate surface area is 200 Å². The number of hydrogen-bond acceptors (Lipinski definition) is 4. The zero-order valence-corrected chi connectivity index (χ0v) is 19.5. The highest BCUT2D eigenvalue weighted by molar-refractivity contribution is 7.98. The number of aliphatic carboxylic acids is 1. The van der Waals surface area contributed by atoms with Crippen LogP contribution in [0.3, 0.4) is 0 Å². The fourth-order valence-electron chi connectivity index (χ4n) is 3.23. The predicted molar refractivity (Wildman–Crippen MR) is 132 cm³/mol. The Balaban J connectivity index is 1.65. The first-order valence-electron chi connectivity index (χ1n) is 10.0. The molecule has 4 nitrogen and oxygen atoms in total. The molecule has 2 heterocycles. The first-order chi connectivity index (χ1) is 15.6. The zero-order chi connectivity index (χ0) is 22.3. The average Bonchev–Trinajstić information content (AvgIpc) is 3.44. The lowest BCUT2D eigenvalue weighted by molar-refractivity contribution is -0.132. The Hall–Kier alpha value is -2.80. The molecule has 0 saturated carbocycles. The first kappa shape index (κ1) is 22.4. The molecule has 0 aliphatic heterocycles. The summed E-state index contributed by atoms with van der Waals surface area (Å²) in [6, 6.07) is 21.7. The fraction of sp³-hybridized carbons (Fsp3) is 0.120. The largest absolute Gasteiger partial charge is 0.478 e. The maximum atomic E-state index is 11.9. The van der Waals surface area contributed by atoms with Gasteiger partial charge in [-0.1, -0.05) is 78.0 Å². The number of nitrogens with one attached hydrogen (secondary N) is 1. The van der Waals surface area contributed by atoms with Crippen LogP contribution in [0.5, 0.6) is 0 Å². The number of carboxylic acid groups (broad SMARTS) is 1. The van der Waals surface area contributed by atoms with Crippen molar-refractivity contribution in [1.29, 1.82) is 0 Å². The van der Waals surface area contributed by atoms with Gasteiger partial charge < -0.3 is 10.1 Å². The van der Waals surface area contributed by atoms with Gasteiger partial charge in [0.1, 0.15) is 0 Å². The van der Waals surface area contributed by atoms with E-state index < -0.39 is 5.97 Å². The SMILES string of the molecule is O=C(O)/C(=C/c1nc(SCc2ccccc2)[nH]c1Cc1ccccc1Cl)Cc1cccs1. The van der Waals surface area contributed by atoms with Crippen LogP contribution in [0, 0.1) is 0 Å². The summed E-state index contributed by atoms with van der Waals surface area (Å²) in [5.74, 6) is -0.173. The van der Waals surface area contributed by atoms with E-state index in [9.17, 15) is 9.90 Å². The maximum absolute atomic E-state index is 11.9. The average molecular weight is 481 g/mol. The summed E-state index contributed by atoms with van der Waals surface area (Å²) in [6.07, 6.45) is 2.57. The number of halogens is 1. The van der Waals surface area contributed by atoms with Crippen molar-refractivity contribution in [2.24, 2.45) is 0 Å². The van der Waals surface area contributed by atoms with Crippen LogP contribution >= 0.6 is 34.7 Å². The van der Waals surface area contributed by atoms with E-state index in [0.29, 0.717) is 29.1 Å². The number of aromatic nitrogens is 2. The maximum Gasteiger partial charge on any atom is 0.332 e.